The number of aliphatic imine (C=N–C) groups is 1. The molecular weight excluding hydrogens is 499 g/mol. The summed E-state index contributed by atoms with van der Waals surface area (Å²) < 4.78 is 53.2. The number of methoxy groups -OCH3 is 2. The van der Waals surface area contributed by atoms with Crippen LogP contribution in [-0.2, 0) is 6.54 Å². The van der Waals surface area contributed by atoms with Crippen LogP contribution in [0, 0.1) is 6.92 Å². The Morgan fingerprint density at radius 1 is 1.00 bits per heavy atom. The van der Waals surface area contributed by atoms with E-state index < -0.39 is 12.8 Å². The standard InChI is InChI=1S/C27H28F3N5O3/c1-16-22(32-11-10-23(16)38-15-27(28,29)30)14-33-19-7-4-17(5-8-19)20-13-21(35-26(31)34-20)18-6-9-24(36-2)25(12-18)37-3/h4-13,21,33H,14-15H2,1-3H3,(H3,31,34,35). The van der Waals surface area contributed by atoms with Gasteiger partial charge in [0.2, 0.25) is 0 Å². The van der Waals surface area contributed by atoms with Crippen molar-refractivity contribution in [2.45, 2.75) is 25.7 Å². The molecule has 0 saturated carbocycles. The molecule has 2 aromatic carbocycles. The second-order valence-electron chi connectivity index (χ2n) is 8.49. The number of guanidine groups is 1. The third-order valence-electron chi connectivity index (χ3n) is 5.92. The molecule has 1 aliphatic heterocycles. The average Bonchev–Trinajstić information content (AvgIpc) is 2.91. The predicted molar refractivity (Wildman–Crippen MR) is 139 cm³/mol. The maximum absolute atomic E-state index is 12.5. The Balaban J connectivity index is 1.45. The summed E-state index contributed by atoms with van der Waals surface area (Å²) in [7, 11) is 3.16. The van der Waals surface area contributed by atoms with Crippen molar-refractivity contribution in [2.75, 3.05) is 26.1 Å². The summed E-state index contributed by atoms with van der Waals surface area (Å²) in [6, 6.07) is 14.3. The lowest BCUT2D eigenvalue weighted by atomic mass is 10.0. The molecule has 1 unspecified atom stereocenters. The van der Waals surface area contributed by atoms with Crippen molar-refractivity contribution in [2.24, 2.45) is 10.7 Å². The molecule has 1 atom stereocenters. The highest BCUT2D eigenvalue weighted by molar-refractivity contribution is 5.90. The van der Waals surface area contributed by atoms with Crippen molar-refractivity contribution in [3.63, 3.8) is 0 Å². The van der Waals surface area contributed by atoms with Gasteiger partial charge in [-0.25, -0.2) is 4.99 Å². The van der Waals surface area contributed by atoms with Gasteiger partial charge in [0.1, 0.15) is 5.75 Å². The molecule has 8 nitrogen and oxygen atoms in total. The van der Waals surface area contributed by atoms with Gasteiger partial charge in [-0.1, -0.05) is 18.2 Å². The second kappa shape index (κ2) is 11.3. The molecule has 0 fully saturated rings. The molecule has 0 aliphatic carbocycles. The van der Waals surface area contributed by atoms with Crippen molar-refractivity contribution in [1.29, 1.82) is 0 Å². The zero-order valence-electron chi connectivity index (χ0n) is 21.1. The Labute approximate surface area is 218 Å². The Bertz CT molecular complexity index is 1340. The van der Waals surface area contributed by atoms with Gasteiger partial charge in [0.05, 0.1) is 32.5 Å². The summed E-state index contributed by atoms with van der Waals surface area (Å²) in [5, 5.41) is 6.35. The highest BCUT2D eigenvalue weighted by Crippen LogP contribution is 2.34. The number of alkyl halides is 3. The van der Waals surface area contributed by atoms with E-state index in [1.54, 1.807) is 21.1 Å². The molecule has 11 heteroatoms. The zero-order valence-corrected chi connectivity index (χ0v) is 21.1. The molecule has 1 aromatic heterocycles. The van der Waals surface area contributed by atoms with Crippen LogP contribution in [0.3, 0.4) is 0 Å². The lowest BCUT2D eigenvalue weighted by molar-refractivity contribution is -0.153. The summed E-state index contributed by atoms with van der Waals surface area (Å²) in [6.45, 7) is 0.648. The summed E-state index contributed by atoms with van der Waals surface area (Å²) in [4.78, 5) is 8.77. The number of pyridine rings is 1. The minimum Gasteiger partial charge on any atom is -0.493 e. The zero-order chi connectivity index (χ0) is 27.3. The van der Waals surface area contributed by atoms with Gasteiger partial charge in [-0.15, -0.1) is 0 Å². The normalized spacial score (nSPS) is 15.2. The first-order chi connectivity index (χ1) is 18.2. The highest BCUT2D eigenvalue weighted by Gasteiger charge is 2.28. The van der Waals surface area contributed by atoms with E-state index in [0.717, 1.165) is 22.5 Å². The topological polar surface area (TPSA) is 103 Å². The number of benzene rings is 2. The van der Waals surface area contributed by atoms with E-state index in [1.807, 2.05) is 48.5 Å². The van der Waals surface area contributed by atoms with Crippen LogP contribution in [0.25, 0.3) is 5.70 Å². The van der Waals surface area contributed by atoms with Crippen LogP contribution in [0.1, 0.15) is 28.4 Å². The number of nitrogens with zero attached hydrogens (tertiary/aromatic N) is 2. The molecule has 2 heterocycles. The smallest absolute Gasteiger partial charge is 0.422 e. The van der Waals surface area contributed by atoms with Crippen molar-refractivity contribution < 1.29 is 27.4 Å². The lowest BCUT2D eigenvalue weighted by Gasteiger charge is -2.21. The maximum atomic E-state index is 12.5. The molecule has 200 valence electrons. The fourth-order valence-electron chi connectivity index (χ4n) is 3.94. The molecule has 0 bridgehead atoms. The molecule has 4 rings (SSSR count). The minimum absolute atomic E-state index is 0.156. The number of aromatic nitrogens is 1. The van der Waals surface area contributed by atoms with Gasteiger partial charge >= 0.3 is 6.18 Å². The summed E-state index contributed by atoms with van der Waals surface area (Å²) in [6.07, 6.45) is -1.00. The largest absolute Gasteiger partial charge is 0.493 e. The third kappa shape index (κ3) is 6.47. The van der Waals surface area contributed by atoms with E-state index in [4.69, 9.17) is 19.9 Å². The fourth-order valence-corrected chi connectivity index (χ4v) is 3.94. The van der Waals surface area contributed by atoms with Crippen LogP contribution >= 0.6 is 0 Å². The molecule has 0 amide bonds. The Morgan fingerprint density at radius 3 is 2.42 bits per heavy atom. The number of nitrogens with one attached hydrogen (secondary N) is 2. The van der Waals surface area contributed by atoms with E-state index in [2.05, 4.69) is 20.6 Å². The minimum atomic E-state index is -4.41. The second-order valence-corrected chi connectivity index (χ2v) is 8.49. The SMILES string of the molecule is COc1ccc(C2C=C(c3ccc(NCc4nccc(OCC(F)(F)F)c4C)cc3)NC(N)=N2)cc1OC. The number of anilines is 1. The Hall–Kier alpha value is -4.41. The first-order valence-corrected chi connectivity index (χ1v) is 11.7. The molecule has 0 saturated heterocycles. The van der Waals surface area contributed by atoms with Gasteiger partial charge in [0, 0.05) is 23.1 Å². The van der Waals surface area contributed by atoms with Gasteiger partial charge in [-0.3, -0.25) is 4.98 Å². The van der Waals surface area contributed by atoms with Crippen LogP contribution < -0.4 is 30.6 Å². The Kier molecular flexibility index (Phi) is 7.94. The van der Waals surface area contributed by atoms with Crippen LogP contribution in [0.2, 0.25) is 0 Å². The first kappa shape index (κ1) is 26.6. The summed E-state index contributed by atoms with van der Waals surface area (Å²) >= 11 is 0. The number of ether oxygens (including phenoxy) is 3. The van der Waals surface area contributed by atoms with Gasteiger partial charge in [0.15, 0.2) is 24.1 Å². The number of halogens is 3. The van der Waals surface area contributed by atoms with Crippen LogP contribution in [-0.4, -0.2) is 37.9 Å². The van der Waals surface area contributed by atoms with Crippen molar-refractivity contribution in [1.82, 2.24) is 10.3 Å². The highest BCUT2D eigenvalue weighted by atomic mass is 19.4. The van der Waals surface area contributed by atoms with Gasteiger partial charge < -0.3 is 30.6 Å². The van der Waals surface area contributed by atoms with E-state index in [-0.39, 0.29) is 11.8 Å². The summed E-state index contributed by atoms with van der Waals surface area (Å²) in [5.41, 5.74) is 10.6. The number of hydrogen-bond donors (Lipinski definition) is 3. The van der Waals surface area contributed by atoms with E-state index in [1.165, 1.54) is 12.3 Å². The first-order valence-electron chi connectivity index (χ1n) is 11.7. The van der Waals surface area contributed by atoms with E-state index in [0.29, 0.717) is 35.3 Å². The van der Waals surface area contributed by atoms with Gasteiger partial charge in [-0.2, -0.15) is 13.2 Å². The van der Waals surface area contributed by atoms with Crippen LogP contribution in [0.5, 0.6) is 17.2 Å². The van der Waals surface area contributed by atoms with Crippen molar-refractivity contribution in [3.8, 4) is 17.2 Å². The van der Waals surface area contributed by atoms with Gasteiger partial charge in [0.25, 0.3) is 0 Å². The van der Waals surface area contributed by atoms with Crippen molar-refractivity contribution in [3.05, 3.63) is 83.2 Å². The van der Waals surface area contributed by atoms with Crippen molar-refractivity contribution >= 4 is 17.3 Å². The van der Waals surface area contributed by atoms with Crippen LogP contribution in [0.4, 0.5) is 18.9 Å². The Morgan fingerprint density at radius 2 is 1.74 bits per heavy atom. The molecule has 3 aromatic rings. The molecule has 0 radical (unpaired) electrons. The molecular formula is C27H28F3N5O3. The molecule has 0 spiro atoms. The summed E-state index contributed by atoms with van der Waals surface area (Å²) in [5.74, 6) is 1.67. The lowest BCUT2D eigenvalue weighted by Crippen LogP contribution is -2.33. The molecule has 38 heavy (non-hydrogen) atoms. The maximum Gasteiger partial charge on any atom is 0.422 e. The average molecular weight is 528 g/mol. The fraction of sp³-hybridized carbons (Fsp3) is 0.259. The number of hydrogen-bond acceptors (Lipinski definition) is 8. The molecule has 4 N–H and O–H groups in total. The van der Waals surface area contributed by atoms with Crippen LogP contribution in [0.15, 0.2) is 65.8 Å². The van der Waals surface area contributed by atoms with Gasteiger partial charge in [-0.05, 0) is 54.5 Å². The van der Waals surface area contributed by atoms with E-state index >= 15 is 0 Å². The van der Waals surface area contributed by atoms with E-state index in [9.17, 15) is 13.2 Å². The third-order valence-corrected chi connectivity index (χ3v) is 5.92. The monoisotopic (exact) mass is 527 g/mol. The predicted octanol–water partition coefficient (Wildman–Crippen LogP) is 4.96. The number of nitrogens with two attached hydrogens (primary N) is 1. The number of rotatable bonds is 9. The molecule has 1 aliphatic rings. The quantitative estimate of drug-likeness (QED) is 0.361.